The lowest BCUT2D eigenvalue weighted by Gasteiger charge is -2.14. The molecule has 0 aromatic heterocycles. The van der Waals surface area contributed by atoms with E-state index in [1.165, 1.54) is 0 Å². The van der Waals surface area contributed by atoms with Gasteiger partial charge in [0.15, 0.2) is 5.17 Å². The predicted molar refractivity (Wildman–Crippen MR) is 112 cm³/mol. The van der Waals surface area contributed by atoms with E-state index < -0.39 is 10.0 Å². The van der Waals surface area contributed by atoms with Crippen LogP contribution in [0.3, 0.4) is 0 Å². The van der Waals surface area contributed by atoms with Gasteiger partial charge >= 0.3 is 0 Å². The standard InChI is InChI=1S/C18H19N5O3S2/c1-22(2)13-4-3-5-15(10-13)26-14-8-6-12(7-9-14)16-11-23-17(20-16)27-18(21-23)28(19,24)25/h3-10,16H,11H2,1-2H3,(H2,19,24,25). The van der Waals surface area contributed by atoms with Gasteiger partial charge in [0.2, 0.25) is 4.38 Å². The first-order chi connectivity index (χ1) is 13.3. The van der Waals surface area contributed by atoms with Crippen molar-refractivity contribution in [1.29, 1.82) is 0 Å². The Morgan fingerprint density at radius 3 is 2.57 bits per heavy atom. The van der Waals surface area contributed by atoms with Crippen LogP contribution in [0, 0.1) is 0 Å². The SMILES string of the molecule is CN(C)c1cccc(Oc2ccc(C3CN4N=C(S(N)(=O)=O)SC4=N3)cc2)c1. The molecule has 1 atom stereocenters. The minimum absolute atomic E-state index is 0.112. The molecule has 0 amide bonds. The highest BCUT2D eigenvalue weighted by Gasteiger charge is 2.36. The van der Waals surface area contributed by atoms with Crippen LogP contribution in [0.4, 0.5) is 5.69 Å². The lowest BCUT2D eigenvalue weighted by atomic mass is 10.1. The Hall–Kier alpha value is -2.56. The number of anilines is 1. The Balaban J connectivity index is 1.44. The number of fused-ring (bicyclic) bond motifs is 1. The molecule has 2 aromatic rings. The van der Waals surface area contributed by atoms with Gasteiger partial charge in [0.05, 0.1) is 12.6 Å². The molecule has 146 valence electrons. The Labute approximate surface area is 167 Å². The van der Waals surface area contributed by atoms with Gasteiger partial charge in [0.1, 0.15) is 11.5 Å². The van der Waals surface area contributed by atoms with Crippen LogP contribution in [-0.4, -0.2) is 43.6 Å². The van der Waals surface area contributed by atoms with Crippen LogP contribution in [0.25, 0.3) is 0 Å². The van der Waals surface area contributed by atoms with Gasteiger partial charge in [-0.15, -0.1) is 5.10 Å². The lowest BCUT2D eigenvalue weighted by Crippen LogP contribution is -2.20. The lowest BCUT2D eigenvalue weighted by molar-refractivity contribution is 0.461. The highest BCUT2D eigenvalue weighted by Crippen LogP contribution is 2.35. The first-order valence-electron chi connectivity index (χ1n) is 8.49. The van der Waals surface area contributed by atoms with E-state index in [0.29, 0.717) is 11.7 Å². The zero-order chi connectivity index (χ0) is 19.9. The van der Waals surface area contributed by atoms with Crippen molar-refractivity contribution in [3.8, 4) is 11.5 Å². The summed E-state index contributed by atoms with van der Waals surface area (Å²) >= 11 is 0.979. The molecular weight excluding hydrogens is 398 g/mol. The third-order valence-electron chi connectivity index (χ3n) is 4.29. The molecular formula is C18H19N5O3S2. The molecule has 0 saturated heterocycles. The van der Waals surface area contributed by atoms with Crippen LogP contribution >= 0.6 is 11.8 Å². The highest BCUT2D eigenvalue weighted by molar-refractivity contribution is 8.42. The van der Waals surface area contributed by atoms with Crippen LogP contribution in [0.1, 0.15) is 11.6 Å². The summed E-state index contributed by atoms with van der Waals surface area (Å²) in [6, 6.07) is 15.5. The maximum atomic E-state index is 11.4. The fraction of sp³-hybridized carbons (Fsp3) is 0.222. The maximum absolute atomic E-state index is 11.4. The predicted octanol–water partition coefficient (Wildman–Crippen LogP) is 2.56. The molecule has 2 aromatic carbocycles. The summed E-state index contributed by atoms with van der Waals surface area (Å²) in [6.07, 6.45) is 0. The molecule has 8 nitrogen and oxygen atoms in total. The minimum atomic E-state index is -3.80. The number of sulfonamides is 1. The van der Waals surface area contributed by atoms with E-state index in [-0.39, 0.29) is 10.4 Å². The van der Waals surface area contributed by atoms with E-state index in [1.807, 2.05) is 67.5 Å². The fourth-order valence-corrected chi connectivity index (χ4v) is 4.45. The number of nitrogens with two attached hydrogens (primary N) is 1. The molecule has 0 radical (unpaired) electrons. The van der Waals surface area contributed by atoms with E-state index >= 15 is 0 Å². The highest BCUT2D eigenvalue weighted by atomic mass is 32.3. The number of amidine groups is 1. The van der Waals surface area contributed by atoms with Gasteiger partial charge in [-0.2, -0.15) is 0 Å². The summed E-state index contributed by atoms with van der Waals surface area (Å²) in [4.78, 5) is 6.57. The summed E-state index contributed by atoms with van der Waals surface area (Å²) in [5, 5.41) is 11.3. The van der Waals surface area contributed by atoms with Gasteiger partial charge in [0, 0.05) is 25.8 Å². The van der Waals surface area contributed by atoms with E-state index in [9.17, 15) is 8.42 Å². The van der Waals surface area contributed by atoms with Gasteiger partial charge in [-0.3, -0.25) is 4.99 Å². The molecule has 2 N–H and O–H groups in total. The molecule has 2 aliphatic heterocycles. The molecule has 0 aliphatic carbocycles. The molecule has 0 bridgehead atoms. The summed E-state index contributed by atoms with van der Waals surface area (Å²) in [6.45, 7) is 0.479. The Morgan fingerprint density at radius 1 is 1.18 bits per heavy atom. The molecule has 10 heteroatoms. The molecule has 1 unspecified atom stereocenters. The smallest absolute Gasteiger partial charge is 0.264 e. The van der Waals surface area contributed by atoms with Crippen LogP contribution in [0.2, 0.25) is 0 Å². The third kappa shape index (κ3) is 3.84. The largest absolute Gasteiger partial charge is 0.457 e. The maximum Gasteiger partial charge on any atom is 0.264 e. The second-order valence-corrected chi connectivity index (χ2v) is 9.28. The monoisotopic (exact) mass is 417 g/mol. The van der Waals surface area contributed by atoms with E-state index in [1.54, 1.807) is 5.01 Å². The molecule has 0 spiro atoms. The number of hydrogen-bond acceptors (Lipinski definition) is 8. The number of hydrogen-bond donors (Lipinski definition) is 1. The average molecular weight is 418 g/mol. The number of ether oxygens (including phenoxy) is 1. The average Bonchev–Trinajstić information content (AvgIpc) is 3.21. The molecule has 0 saturated carbocycles. The van der Waals surface area contributed by atoms with Crippen molar-refractivity contribution in [3.05, 3.63) is 54.1 Å². The third-order valence-corrected chi connectivity index (χ3v) is 6.56. The second-order valence-electron chi connectivity index (χ2n) is 6.59. The van der Waals surface area contributed by atoms with Crippen LogP contribution < -0.4 is 14.8 Å². The van der Waals surface area contributed by atoms with Crippen LogP contribution in [0.15, 0.2) is 58.6 Å². The van der Waals surface area contributed by atoms with Gasteiger partial charge in [-0.25, -0.2) is 18.6 Å². The molecule has 4 rings (SSSR count). The number of thioether (sulfide) groups is 1. The summed E-state index contributed by atoms with van der Waals surface area (Å²) < 4.78 is 28.6. The minimum Gasteiger partial charge on any atom is -0.457 e. The number of benzene rings is 2. The van der Waals surface area contributed by atoms with Gasteiger partial charge in [-0.1, -0.05) is 18.2 Å². The van der Waals surface area contributed by atoms with Gasteiger partial charge in [0.25, 0.3) is 10.0 Å². The van der Waals surface area contributed by atoms with Crippen LogP contribution in [-0.2, 0) is 10.0 Å². The van der Waals surface area contributed by atoms with Gasteiger partial charge < -0.3 is 9.64 Å². The van der Waals surface area contributed by atoms with Crippen molar-refractivity contribution in [2.75, 3.05) is 25.5 Å². The number of rotatable bonds is 4. The Kier molecular flexibility index (Phi) is 4.77. The number of primary sulfonamides is 1. The normalized spacial score (nSPS) is 18.5. The van der Waals surface area contributed by atoms with Crippen molar-refractivity contribution in [3.63, 3.8) is 0 Å². The van der Waals surface area contributed by atoms with E-state index in [4.69, 9.17) is 9.88 Å². The summed E-state index contributed by atoms with van der Waals surface area (Å²) in [5.41, 5.74) is 2.07. The second kappa shape index (κ2) is 7.12. The van der Waals surface area contributed by atoms with E-state index in [0.717, 1.165) is 34.5 Å². The summed E-state index contributed by atoms with van der Waals surface area (Å²) in [5.74, 6) is 1.50. The van der Waals surface area contributed by atoms with Crippen molar-refractivity contribution in [1.82, 2.24) is 5.01 Å². The summed E-state index contributed by atoms with van der Waals surface area (Å²) in [7, 11) is 0.166. The first kappa shape index (κ1) is 18.8. The van der Waals surface area contributed by atoms with Gasteiger partial charge in [-0.05, 0) is 41.6 Å². The molecule has 0 fully saturated rings. The Morgan fingerprint density at radius 2 is 1.93 bits per heavy atom. The van der Waals surface area contributed by atoms with E-state index in [2.05, 4.69) is 10.1 Å². The zero-order valence-electron chi connectivity index (χ0n) is 15.3. The molecule has 28 heavy (non-hydrogen) atoms. The Bertz CT molecular complexity index is 1060. The molecule has 2 heterocycles. The number of nitrogens with zero attached hydrogens (tertiary/aromatic N) is 4. The molecule has 2 aliphatic rings. The van der Waals surface area contributed by atoms with Crippen molar-refractivity contribution in [2.24, 2.45) is 15.2 Å². The number of hydrazone groups is 1. The van der Waals surface area contributed by atoms with Crippen molar-refractivity contribution in [2.45, 2.75) is 6.04 Å². The first-order valence-corrected chi connectivity index (χ1v) is 10.9. The number of aliphatic imine (C=N–C) groups is 1. The quantitative estimate of drug-likeness (QED) is 0.821. The van der Waals surface area contributed by atoms with Crippen molar-refractivity contribution < 1.29 is 13.2 Å². The van der Waals surface area contributed by atoms with Crippen molar-refractivity contribution >= 4 is 37.0 Å². The fourth-order valence-electron chi connectivity index (χ4n) is 2.86. The zero-order valence-corrected chi connectivity index (χ0v) is 16.9. The topological polar surface area (TPSA) is 101 Å². The van der Waals surface area contributed by atoms with Crippen LogP contribution in [0.5, 0.6) is 11.5 Å².